The number of hydrogen-bond donors (Lipinski definition) is 0. The van der Waals surface area contributed by atoms with E-state index < -0.39 is 0 Å². The average Bonchev–Trinajstić information content (AvgIpc) is 3.88. The minimum Gasteiger partial charge on any atom is -0.455 e. The highest BCUT2D eigenvalue weighted by atomic mass is 32.1. The van der Waals surface area contributed by atoms with E-state index in [1.54, 1.807) is 0 Å². The van der Waals surface area contributed by atoms with Gasteiger partial charge in [-0.1, -0.05) is 152 Å². The lowest BCUT2D eigenvalue weighted by Crippen LogP contribution is -2.10. The van der Waals surface area contributed by atoms with Crippen LogP contribution >= 0.6 is 11.3 Å². The van der Waals surface area contributed by atoms with Crippen LogP contribution in [-0.4, -0.2) is 0 Å². The Balaban J connectivity index is 1.07. The molecule has 3 heteroatoms. The van der Waals surface area contributed by atoms with Gasteiger partial charge in [0, 0.05) is 42.5 Å². The number of rotatable bonds is 6. The van der Waals surface area contributed by atoms with Gasteiger partial charge >= 0.3 is 0 Å². The van der Waals surface area contributed by atoms with Crippen molar-refractivity contribution in [2.24, 2.45) is 0 Å². The van der Waals surface area contributed by atoms with Crippen LogP contribution < -0.4 is 4.90 Å². The van der Waals surface area contributed by atoms with Crippen molar-refractivity contribution in [1.29, 1.82) is 0 Å². The summed E-state index contributed by atoms with van der Waals surface area (Å²) >= 11 is 1.85. The molecule has 0 saturated heterocycles. The largest absolute Gasteiger partial charge is 0.455 e. The number of fused-ring (bicyclic) bond motifs is 8. The summed E-state index contributed by atoms with van der Waals surface area (Å²) in [5, 5.41) is 9.66. The highest BCUT2D eigenvalue weighted by Gasteiger charge is 2.23. The summed E-state index contributed by atoms with van der Waals surface area (Å²) in [6.45, 7) is 0. The first kappa shape index (κ1) is 33.7. The minimum absolute atomic E-state index is 0.869. The van der Waals surface area contributed by atoms with Gasteiger partial charge in [0.25, 0.3) is 0 Å². The molecule has 0 N–H and O–H groups in total. The Bertz CT molecular complexity index is 3560. The third-order valence-electron chi connectivity index (χ3n) is 11.9. The maximum atomic E-state index is 6.93. The van der Waals surface area contributed by atoms with E-state index in [2.05, 4.69) is 217 Å². The summed E-state index contributed by atoms with van der Waals surface area (Å²) in [7, 11) is 0. The zero-order valence-corrected chi connectivity index (χ0v) is 32.8. The molecule has 0 saturated carbocycles. The van der Waals surface area contributed by atoms with Gasteiger partial charge in [0.2, 0.25) is 0 Å². The molecule has 0 spiro atoms. The lowest BCUT2D eigenvalue weighted by Gasteiger charge is -2.27. The second-order valence-electron chi connectivity index (χ2n) is 15.3. The van der Waals surface area contributed by atoms with Crippen molar-refractivity contribution in [3.8, 4) is 33.4 Å². The molecule has 0 aliphatic heterocycles. The van der Waals surface area contributed by atoms with Crippen LogP contribution in [0.1, 0.15) is 0 Å². The number of furan rings is 1. The monoisotopic (exact) mass is 769 g/mol. The molecule has 276 valence electrons. The number of anilines is 3. The van der Waals surface area contributed by atoms with Gasteiger partial charge in [-0.25, -0.2) is 0 Å². The Morgan fingerprint density at radius 3 is 1.95 bits per heavy atom. The lowest BCUT2D eigenvalue weighted by molar-refractivity contribution is 0.670. The van der Waals surface area contributed by atoms with Crippen molar-refractivity contribution in [1.82, 2.24) is 0 Å². The fraction of sp³-hybridized carbons (Fsp3) is 0. The van der Waals surface area contributed by atoms with Crippen LogP contribution in [0.3, 0.4) is 0 Å². The number of thiophene rings is 1. The van der Waals surface area contributed by atoms with Gasteiger partial charge < -0.3 is 9.32 Å². The molecule has 12 rings (SSSR count). The van der Waals surface area contributed by atoms with Gasteiger partial charge in [0.15, 0.2) is 0 Å². The van der Waals surface area contributed by atoms with E-state index in [4.69, 9.17) is 4.42 Å². The molecule has 0 aliphatic carbocycles. The van der Waals surface area contributed by atoms with Crippen molar-refractivity contribution >= 4 is 92.1 Å². The summed E-state index contributed by atoms with van der Waals surface area (Å²) in [4.78, 5) is 2.41. The zero-order chi connectivity index (χ0) is 38.9. The molecule has 2 heterocycles. The van der Waals surface area contributed by atoms with Crippen LogP contribution in [-0.2, 0) is 0 Å². The van der Waals surface area contributed by atoms with E-state index in [9.17, 15) is 0 Å². The van der Waals surface area contributed by atoms with Crippen molar-refractivity contribution in [2.45, 2.75) is 0 Å². The maximum absolute atomic E-state index is 6.93. The fourth-order valence-corrected chi connectivity index (χ4v) is 10.1. The Labute approximate surface area is 345 Å². The summed E-state index contributed by atoms with van der Waals surface area (Å²) in [5.41, 5.74) is 12.0. The van der Waals surface area contributed by atoms with Crippen LogP contribution in [0, 0.1) is 0 Å². The molecule has 0 atom stereocenters. The summed E-state index contributed by atoms with van der Waals surface area (Å²) < 4.78 is 9.48. The van der Waals surface area contributed by atoms with Gasteiger partial charge in [-0.15, -0.1) is 11.3 Å². The molecule has 2 aromatic heterocycles. The predicted octanol–water partition coefficient (Wildman–Crippen LogP) is 16.7. The van der Waals surface area contributed by atoms with Gasteiger partial charge in [-0.3, -0.25) is 0 Å². The summed E-state index contributed by atoms with van der Waals surface area (Å²) in [5.74, 6) is 0. The molecule has 0 radical (unpaired) electrons. The Morgan fingerprint density at radius 1 is 0.356 bits per heavy atom. The first-order chi connectivity index (χ1) is 29.2. The molecular weight excluding hydrogens is 735 g/mol. The molecule has 10 aromatic carbocycles. The van der Waals surface area contributed by atoms with Gasteiger partial charge in [-0.05, 0) is 110 Å². The molecular formula is C56H35NOS. The fourth-order valence-electron chi connectivity index (χ4n) is 8.99. The second kappa shape index (κ2) is 13.6. The first-order valence-electron chi connectivity index (χ1n) is 20.1. The number of para-hydroxylation sites is 1. The molecule has 0 fully saturated rings. The molecule has 0 aliphatic rings. The van der Waals surface area contributed by atoms with E-state index in [-0.39, 0.29) is 0 Å². The molecule has 0 amide bonds. The quantitative estimate of drug-likeness (QED) is 0.167. The number of benzene rings is 10. The van der Waals surface area contributed by atoms with Crippen LogP contribution in [0.5, 0.6) is 0 Å². The summed E-state index contributed by atoms with van der Waals surface area (Å²) in [6, 6.07) is 76.9. The van der Waals surface area contributed by atoms with E-state index in [0.717, 1.165) is 50.1 Å². The van der Waals surface area contributed by atoms with Crippen molar-refractivity contribution in [2.75, 3.05) is 4.90 Å². The van der Waals surface area contributed by atoms with Crippen LogP contribution in [0.4, 0.5) is 17.1 Å². The third-order valence-corrected chi connectivity index (χ3v) is 13.0. The van der Waals surface area contributed by atoms with Crippen molar-refractivity contribution < 1.29 is 4.42 Å². The Hall–Kier alpha value is -7.46. The first-order valence-corrected chi connectivity index (χ1v) is 20.9. The van der Waals surface area contributed by atoms with Crippen LogP contribution in [0.2, 0.25) is 0 Å². The molecule has 12 aromatic rings. The Morgan fingerprint density at radius 2 is 1.05 bits per heavy atom. The normalized spacial score (nSPS) is 11.7. The standard InChI is InChI=1S/C56H35NOS/c1-2-12-38(13-3-1)45-18-10-15-39-22-24-42(34-50(39)45)46-31-32-51(55-49-17-6-8-19-52(49)58-56(46)55)57(44-29-30-48-47-16-7-9-20-53(47)59-54(48)35-44)43-27-25-37(26-28-43)41-23-21-36-11-4-5-14-40(36)33-41/h1-35H. The van der Waals surface area contributed by atoms with Crippen LogP contribution in [0.25, 0.3) is 97.0 Å². The molecule has 59 heavy (non-hydrogen) atoms. The van der Waals surface area contributed by atoms with E-state index in [0.29, 0.717) is 0 Å². The smallest absolute Gasteiger partial charge is 0.145 e. The lowest BCUT2D eigenvalue weighted by atomic mass is 9.93. The molecule has 2 nitrogen and oxygen atoms in total. The SMILES string of the molecule is c1ccc(-c2cccc3ccc(-c4ccc(N(c5ccc(-c6ccc7ccccc7c6)cc5)c5ccc6c(c5)sc5ccccc56)c5c4oc4ccccc45)cc23)cc1. The van der Waals surface area contributed by atoms with Crippen molar-refractivity contribution in [3.05, 3.63) is 212 Å². The minimum atomic E-state index is 0.869. The van der Waals surface area contributed by atoms with Gasteiger partial charge in [0.1, 0.15) is 11.2 Å². The van der Waals surface area contributed by atoms with Gasteiger partial charge in [0.05, 0.1) is 11.1 Å². The molecule has 0 unspecified atom stereocenters. The van der Waals surface area contributed by atoms with E-state index in [1.165, 1.54) is 64.0 Å². The van der Waals surface area contributed by atoms with Gasteiger partial charge in [-0.2, -0.15) is 0 Å². The third kappa shape index (κ3) is 5.62. The van der Waals surface area contributed by atoms with E-state index in [1.807, 2.05) is 11.3 Å². The highest BCUT2D eigenvalue weighted by Crippen LogP contribution is 2.48. The van der Waals surface area contributed by atoms with Crippen molar-refractivity contribution in [3.63, 3.8) is 0 Å². The summed E-state index contributed by atoms with van der Waals surface area (Å²) in [6.07, 6.45) is 0. The number of nitrogens with zero attached hydrogens (tertiary/aromatic N) is 1. The van der Waals surface area contributed by atoms with E-state index >= 15 is 0 Å². The highest BCUT2D eigenvalue weighted by molar-refractivity contribution is 7.25. The topological polar surface area (TPSA) is 16.4 Å². The predicted molar refractivity (Wildman–Crippen MR) is 253 cm³/mol. The second-order valence-corrected chi connectivity index (χ2v) is 16.3. The molecule has 0 bridgehead atoms. The zero-order valence-electron chi connectivity index (χ0n) is 32.0. The maximum Gasteiger partial charge on any atom is 0.145 e. The van der Waals surface area contributed by atoms with Crippen LogP contribution in [0.15, 0.2) is 217 Å². The average molecular weight is 770 g/mol. The Kier molecular flexibility index (Phi) is 7.75. The number of hydrogen-bond acceptors (Lipinski definition) is 3.